The summed E-state index contributed by atoms with van der Waals surface area (Å²) in [7, 11) is 0. The van der Waals surface area contributed by atoms with Crippen molar-refractivity contribution in [3.05, 3.63) is 12.4 Å². The van der Waals surface area contributed by atoms with Crippen molar-refractivity contribution in [1.29, 1.82) is 0 Å². The monoisotopic (exact) mass is 297 g/mol. The molecule has 1 unspecified atom stereocenters. The van der Waals surface area contributed by atoms with Crippen LogP contribution in [-0.4, -0.2) is 54.8 Å². The zero-order chi connectivity index (χ0) is 14.9. The summed E-state index contributed by atoms with van der Waals surface area (Å²) in [6, 6.07) is 0. The molecule has 2 heterocycles. The summed E-state index contributed by atoms with van der Waals surface area (Å²) in [5, 5.41) is 6.96. The van der Waals surface area contributed by atoms with Gasteiger partial charge < -0.3 is 19.5 Å². The summed E-state index contributed by atoms with van der Waals surface area (Å²) in [5.74, 6) is -0.192. The molecule has 1 atom stereocenters. The van der Waals surface area contributed by atoms with Gasteiger partial charge in [-0.2, -0.15) is 5.10 Å². The smallest absolute Gasteiger partial charge is 0.250 e. The number of hydrogen-bond acceptors (Lipinski definition) is 5. The maximum Gasteiger partial charge on any atom is 0.250 e. The van der Waals surface area contributed by atoms with E-state index in [2.05, 4.69) is 10.4 Å². The van der Waals surface area contributed by atoms with Gasteiger partial charge in [-0.15, -0.1) is 0 Å². The van der Waals surface area contributed by atoms with Crippen LogP contribution in [0.4, 0.5) is 5.69 Å². The van der Waals surface area contributed by atoms with Gasteiger partial charge in [-0.05, 0) is 19.8 Å². The van der Waals surface area contributed by atoms with Gasteiger partial charge in [0.15, 0.2) is 0 Å². The van der Waals surface area contributed by atoms with Crippen molar-refractivity contribution in [2.75, 3.05) is 38.4 Å². The Bertz CT molecular complexity index is 430. The Morgan fingerprint density at radius 3 is 3.14 bits per heavy atom. The first kappa shape index (κ1) is 15.9. The van der Waals surface area contributed by atoms with Crippen LogP contribution in [0.25, 0.3) is 0 Å². The van der Waals surface area contributed by atoms with E-state index >= 15 is 0 Å². The van der Waals surface area contributed by atoms with Gasteiger partial charge in [-0.1, -0.05) is 0 Å². The average Bonchev–Trinajstić information content (AvgIpc) is 3.11. The van der Waals surface area contributed by atoms with Gasteiger partial charge in [0.25, 0.3) is 0 Å². The molecule has 0 aliphatic carbocycles. The highest BCUT2D eigenvalue weighted by Crippen LogP contribution is 2.14. The zero-order valence-corrected chi connectivity index (χ0v) is 12.4. The molecule has 1 amide bonds. The number of ether oxygens (including phenoxy) is 3. The lowest BCUT2D eigenvalue weighted by Gasteiger charge is -2.08. The number of amides is 1. The first-order valence-corrected chi connectivity index (χ1v) is 7.37. The van der Waals surface area contributed by atoms with Crippen molar-refractivity contribution >= 4 is 11.6 Å². The third-order valence-electron chi connectivity index (χ3n) is 3.14. The van der Waals surface area contributed by atoms with E-state index in [9.17, 15) is 4.79 Å². The lowest BCUT2D eigenvalue weighted by molar-refractivity contribution is -0.121. The third kappa shape index (κ3) is 5.82. The van der Waals surface area contributed by atoms with Crippen LogP contribution in [0.5, 0.6) is 0 Å². The molecule has 118 valence electrons. The Labute approximate surface area is 124 Å². The first-order chi connectivity index (χ1) is 10.3. The van der Waals surface area contributed by atoms with Gasteiger partial charge in [0.05, 0.1) is 37.7 Å². The van der Waals surface area contributed by atoms with E-state index in [0.717, 1.165) is 26.0 Å². The van der Waals surface area contributed by atoms with Crippen molar-refractivity contribution in [2.24, 2.45) is 0 Å². The van der Waals surface area contributed by atoms with E-state index in [1.54, 1.807) is 17.1 Å². The summed E-state index contributed by atoms with van der Waals surface area (Å²) in [6.07, 6.45) is 5.84. The molecule has 7 nitrogen and oxygen atoms in total. The molecular weight excluding hydrogens is 274 g/mol. The second kappa shape index (κ2) is 8.76. The van der Waals surface area contributed by atoms with Crippen LogP contribution in [0.15, 0.2) is 12.4 Å². The Balaban J connectivity index is 1.65. The minimum atomic E-state index is -0.192. The van der Waals surface area contributed by atoms with E-state index in [1.165, 1.54) is 0 Å². The van der Waals surface area contributed by atoms with Crippen LogP contribution in [0, 0.1) is 0 Å². The second-order valence-corrected chi connectivity index (χ2v) is 4.88. The van der Waals surface area contributed by atoms with E-state index in [1.807, 2.05) is 6.92 Å². The molecule has 1 fully saturated rings. The lowest BCUT2D eigenvalue weighted by atomic mass is 10.2. The Morgan fingerprint density at radius 2 is 2.38 bits per heavy atom. The molecule has 2 rings (SSSR count). The number of nitrogens with zero attached hydrogens (tertiary/aromatic N) is 2. The van der Waals surface area contributed by atoms with E-state index in [0.29, 0.717) is 25.5 Å². The van der Waals surface area contributed by atoms with Crippen LogP contribution in [0.3, 0.4) is 0 Å². The van der Waals surface area contributed by atoms with Gasteiger partial charge in [-0.3, -0.25) is 9.48 Å². The van der Waals surface area contributed by atoms with Gasteiger partial charge in [-0.25, -0.2) is 0 Å². The molecule has 7 heteroatoms. The molecular formula is C14H23N3O4. The predicted molar refractivity (Wildman–Crippen MR) is 77.1 cm³/mol. The largest absolute Gasteiger partial charge is 0.379 e. The fraction of sp³-hybridized carbons (Fsp3) is 0.714. The Kier molecular flexibility index (Phi) is 6.65. The molecule has 0 bridgehead atoms. The molecule has 0 saturated carbocycles. The van der Waals surface area contributed by atoms with Gasteiger partial charge in [0.1, 0.15) is 6.61 Å². The molecule has 1 aromatic heterocycles. The fourth-order valence-corrected chi connectivity index (χ4v) is 2.15. The van der Waals surface area contributed by atoms with Gasteiger partial charge >= 0.3 is 0 Å². The van der Waals surface area contributed by atoms with Crippen molar-refractivity contribution in [2.45, 2.75) is 32.4 Å². The topological polar surface area (TPSA) is 74.6 Å². The Morgan fingerprint density at radius 1 is 1.52 bits per heavy atom. The number of nitrogens with one attached hydrogen (secondary N) is 1. The average molecular weight is 297 g/mol. The van der Waals surface area contributed by atoms with Crippen LogP contribution < -0.4 is 5.32 Å². The highest BCUT2D eigenvalue weighted by molar-refractivity contribution is 5.91. The Hall–Kier alpha value is -1.44. The van der Waals surface area contributed by atoms with Crippen LogP contribution >= 0.6 is 0 Å². The maximum atomic E-state index is 11.7. The molecule has 1 saturated heterocycles. The number of aromatic nitrogens is 2. The fourth-order valence-electron chi connectivity index (χ4n) is 2.15. The standard InChI is InChI=1S/C14H23N3O4/c1-2-19-6-7-20-11-14(18)16-12-8-15-17(9-12)10-13-4-3-5-21-13/h8-9,13H,2-7,10-11H2,1H3,(H,16,18). The number of anilines is 1. The van der Waals surface area contributed by atoms with Crippen LogP contribution in [-0.2, 0) is 25.5 Å². The highest BCUT2D eigenvalue weighted by atomic mass is 16.5. The summed E-state index contributed by atoms with van der Waals surface area (Å²) >= 11 is 0. The molecule has 0 aromatic carbocycles. The van der Waals surface area contributed by atoms with E-state index in [-0.39, 0.29) is 18.6 Å². The number of carbonyl (C=O) groups excluding carboxylic acids is 1. The van der Waals surface area contributed by atoms with Crippen molar-refractivity contribution in [3.63, 3.8) is 0 Å². The minimum absolute atomic E-state index is 0.0178. The quantitative estimate of drug-likeness (QED) is 0.690. The normalized spacial score (nSPS) is 18.0. The summed E-state index contributed by atoms with van der Waals surface area (Å²) in [4.78, 5) is 11.7. The molecule has 1 aliphatic rings. The van der Waals surface area contributed by atoms with E-state index in [4.69, 9.17) is 14.2 Å². The van der Waals surface area contributed by atoms with Crippen molar-refractivity contribution in [3.8, 4) is 0 Å². The lowest BCUT2D eigenvalue weighted by Crippen LogP contribution is -2.19. The molecule has 1 N–H and O–H groups in total. The van der Waals surface area contributed by atoms with Crippen molar-refractivity contribution in [1.82, 2.24) is 9.78 Å². The van der Waals surface area contributed by atoms with Crippen LogP contribution in [0.1, 0.15) is 19.8 Å². The third-order valence-corrected chi connectivity index (χ3v) is 3.14. The van der Waals surface area contributed by atoms with Gasteiger partial charge in [0.2, 0.25) is 5.91 Å². The van der Waals surface area contributed by atoms with Gasteiger partial charge in [0, 0.05) is 19.4 Å². The molecule has 21 heavy (non-hydrogen) atoms. The van der Waals surface area contributed by atoms with E-state index < -0.39 is 0 Å². The number of rotatable bonds is 9. The molecule has 0 radical (unpaired) electrons. The van der Waals surface area contributed by atoms with Crippen LogP contribution in [0.2, 0.25) is 0 Å². The number of carbonyl (C=O) groups is 1. The second-order valence-electron chi connectivity index (χ2n) is 4.88. The zero-order valence-electron chi connectivity index (χ0n) is 12.4. The molecule has 1 aromatic rings. The highest BCUT2D eigenvalue weighted by Gasteiger charge is 2.16. The number of hydrogen-bond donors (Lipinski definition) is 1. The summed E-state index contributed by atoms with van der Waals surface area (Å²) in [5.41, 5.74) is 0.673. The first-order valence-electron chi connectivity index (χ1n) is 7.37. The summed E-state index contributed by atoms with van der Waals surface area (Å²) in [6.45, 7) is 5.06. The molecule has 0 spiro atoms. The minimum Gasteiger partial charge on any atom is -0.379 e. The maximum absolute atomic E-state index is 11.7. The predicted octanol–water partition coefficient (Wildman–Crippen LogP) is 1.05. The van der Waals surface area contributed by atoms with Crippen molar-refractivity contribution < 1.29 is 19.0 Å². The molecule has 1 aliphatic heterocycles. The SMILES string of the molecule is CCOCCOCC(=O)Nc1cnn(CC2CCCO2)c1. The summed E-state index contributed by atoms with van der Waals surface area (Å²) < 4.78 is 17.7.